The number of hydrogen-bond acceptors (Lipinski definition) is 6. The molecule has 2 aliphatic rings. The maximum absolute atomic E-state index is 5.41. The molecular weight excluding hydrogens is 254 g/mol. The third kappa shape index (κ3) is 2.85. The van der Waals surface area contributed by atoms with Crippen molar-refractivity contribution in [2.24, 2.45) is 4.99 Å². The molecule has 6 nitrogen and oxygen atoms in total. The van der Waals surface area contributed by atoms with Crippen LogP contribution in [0.25, 0.3) is 0 Å². The first-order valence-electron chi connectivity index (χ1n) is 7.10. The van der Waals surface area contributed by atoms with Gasteiger partial charge in [0.15, 0.2) is 5.96 Å². The van der Waals surface area contributed by atoms with E-state index in [0.29, 0.717) is 0 Å². The van der Waals surface area contributed by atoms with Crippen molar-refractivity contribution in [1.82, 2.24) is 15.2 Å². The van der Waals surface area contributed by atoms with Crippen molar-refractivity contribution in [3.05, 3.63) is 23.9 Å². The number of nitrogens with zero attached hydrogens (tertiary/aromatic N) is 4. The summed E-state index contributed by atoms with van der Waals surface area (Å²) in [5.41, 5.74) is 1.21. The van der Waals surface area contributed by atoms with Crippen molar-refractivity contribution in [3.63, 3.8) is 0 Å². The van der Waals surface area contributed by atoms with E-state index in [1.807, 2.05) is 12.3 Å². The van der Waals surface area contributed by atoms with Crippen LogP contribution in [0.1, 0.15) is 5.56 Å². The summed E-state index contributed by atoms with van der Waals surface area (Å²) in [6.07, 6.45) is 1.85. The van der Waals surface area contributed by atoms with Crippen molar-refractivity contribution >= 4 is 11.8 Å². The van der Waals surface area contributed by atoms with Gasteiger partial charge in [-0.15, -0.1) is 0 Å². The van der Waals surface area contributed by atoms with Crippen molar-refractivity contribution in [2.75, 3.05) is 51.3 Å². The topological polar surface area (TPSA) is 53.0 Å². The zero-order chi connectivity index (χ0) is 13.8. The van der Waals surface area contributed by atoms with E-state index in [1.165, 1.54) is 5.56 Å². The molecule has 0 spiro atoms. The Morgan fingerprint density at radius 1 is 1.30 bits per heavy atom. The fourth-order valence-electron chi connectivity index (χ4n) is 2.53. The molecule has 1 fully saturated rings. The van der Waals surface area contributed by atoms with E-state index in [1.54, 1.807) is 0 Å². The number of aromatic nitrogens is 1. The van der Waals surface area contributed by atoms with Crippen molar-refractivity contribution in [1.29, 1.82) is 0 Å². The molecule has 0 aromatic carbocycles. The molecule has 6 heteroatoms. The number of guanidine groups is 1. The highest BCUT2D eigenvalue weighted by atomic mass is 16.5. The summed E-state index contributed by atoms with van der Waals surface area (Å²) in [6, 6.07) is 4.11. The van der Waals surface area contributed by atoms with E-state index in [4.69, 9.17) is 4.74 Å². The summed E-state index contributed by atoms with van der Waals surface area (Å²) in [4.78, 5) is 13.4. The highest BCUT2D eigenvalue weighted by Gasteiger charge is 2.17. The lowest BCUT2D eigenvalue weighted by Crippen LogP contribution is -2.38. The van der Waals surface area contributed by atoms with Crippen LogP contribution < -0.4 is 10.2 Å². The summed E-state index contributed by atoms with van der Waals surface area (Å²) < 4.78 is 5.41. The zero-order valence-electron chi connectivity index (χ0n) is 11.9. The Morgan fingerprint density at radius 3 is 2.90 bits per heavy atom. The smallest absolute Gasteiger partial charge is 0.194 e. The molecule has 0 unspecified atom stereocenters. The van der Waals surface area contributed by atoms with Gasteiger partial charge in [0.25, 0.3) is 0 Å². The van der Waals surface area contributed by atoms with Crippen LogP contribution in [-0.4, -0.2) is 62.3 Å². The van der Waals surface area contributed by atoms with Crippen LogP contribution in [0.15, 0.2) is 23.3 Å². The molecule has 0 saturated carbocycles. The van der Waals surface area contributed by atoms with E-state index in [-0.39, 0.29) is 0 Å². The summed E-state index contributed by atoms with van der Waals surface area (Å²) in [5.74, 6) is 2.03. The minimum atomic E-state index is 0.754. The van der Waals surface area contributed by atoms with Crippen LogP contribution in [0.5, 0.6) is 0 Å². The van der Waals surface area contributed by atoms with Gasteiger partial charge >= 0.3 is 0 Å². The summed E-state index contributed by atoms with van der Waals surface area (Å²) in [7, 11) is 2.06. The first-order valence-corrected chi connectivity index (χ1v) is 7.10. The number of rotatable bonds is 3. The predicted molar refractivity (Wildman–Crippen MR) is 79.0 cm³/mol. The molecule has 2 aliphatic heterocycles. The van der Waals surface area contributed by atoms with Gasteiger partial charge in [-0.2, -0.15) is 0 Å². The fraction of sp³-hybridized carbons (Fsp3) is 0.571. The number of pyridine rings is 1. The third-order valence-corrected chi connectivity index (χ3v) is 3.67. The monoisotopic (exact) mass is 275 g/mol. The molecule has 0 amide bonds. The number of aliphatic imine (C=N–C) groups is 1. The molecule has 0 bridgehead atoms. The lowest BCUT2D eigenvalue weighted by Gasteiger charge is -2.29. The fourth-order valence-corrected chi connectivity index (χ4v) is 2.53. The molecule has 3 heterocycles. The highest BCUT2D eigenvalue weighted by Crippen LogP contribution is 2.18. The molecule has 20 heavy (non-hydrogen) atoms. The second-order valence-corrected chi connectivity index (χ2v) is 5.07. The van der Waals surface area contributed by atoms with Crippen LogP contribution in [0.3, 0.4) is 0 Å². The number of hydrogen-bond donors (Lipinski definition) is 1. The summed E-state index contributed by atoms with van der Waals surface area (Å²) in [6.45, 7) is 5.99. The van der Waals surface area contributed by atoms with Gasteiger partial charge in [0, 0.05) is 45.0 Å². The van der Waals surface area contributed by atoms with Crippen LogP contribution in [0, 0.1) is 0 Å². The molecule has 108 valence electrons. The summed E-state index contributed by atoms with van der Waals surface area (Å²) >= 11 is 0. The minimum Gasteiger partial charge on any atom is -0.378 e. The molecular formula is C14H21N5O. The number of ether oxygens (including phenoxy) is 1. The Labute approximate surface area is 119 Å². The molecule has 1 aromatic heterocycles. The molecule has 3 rings (SSSR count). The van der Waals surface area contributed by atoms with E-state index in [2.05, 4.69) is 38.2 Å². The molecule has 1 N–H and O–H groups in total. The zero-order valence-corrected chi connectivity index (χ0v) is 11.9. The molecule has 0 atom stereocenters. The summed E-state index contributed by atoms with van der Waals surface area (Å²) in [5, 5.41) is 3.41. The second-order valence-electron chi connectivity index (χ2n) is 5.07. The second kappa shape index (κ2) is 6.09. The van der Waals surface area contributed by atoms with Gasteiger partial charge in [0.05, 0.1) is 19.8 Å². The van der Waals surface area contributed by atoms with Crippen LogP contribution >= 0.6 is 0 Å². The molecule has 0 aliphatic carbocycles. The van der Waals surface area contributed by atoms with E-state index >= 15 is 0 Å². The quantitative estimate of drug-likeness (QED) is 0.860. The number of anilines is 1. The van der Waals surface area contributed by atoms with E-state index in [9.17, 15) is 0 Å². The van der Waals surface area contributed by atoms with Gasteiger partial charge in [-0.05, 0) is 6.07 Å². The van der Waals surface area contributed by atoms with Gasteiger partial charge in [-0.3, -0.25) is 4.99 Å². The molecule has 1 saturated heterocycles. The van der Waals surface area contributed by atoms with Crippen LogP contribution in [-0.2, 0) is 11.3 Å². The maximum atomic E-state index is 5.41. The Hall–Kier alpha value is -1.82. The highest BCUT2D eigenvalue weighted by molar-refractivity contribution is 5.81. The molecule has 0 radical (unpaired) electrons. The lowest BCUT2D eigenvalue weighted by molar-refractivity contribution is 0.122. The van der Waals surface area contributed by atoms with Crippen LogP contribution in [0.4, 0.5) is 5.82 Å². The Balaban J connectivity index is 1.69. The van der Waals surface area contributed by atoms with Crippen molar-refractivity contribution in [2.45, 2.75) is 6.54 Å². The predicted octanol–water partition coefficient (Wildman–Crippen LogP) is 0.309. The van der Waals surface area contributed by atoms with E-state index in [0.717, 1.165) is 57.7 Å². The van der Waals surface area contributed by atoms with Crippen molar-refractivity contribution < 1.29 is 4.74 Å². The number of likely N-dealkylation sites (N-methyl/N-ethyl adjacent to an activating group) is 1. The number of nitrogens with one attached hydrogen (secondary N) is 1. The first-order chi connectivity index (χ1) is 9.84. The van der Waals surface area contributed by atoms with Crippen molar-refractivity contribution in [3.8, 4) is 0 Å². The maximum Gasteiger partial charge on any atom is 0.194 e. The Bertz CT molecular complexity index is 484. The SMILES string of the molecule is CN1CCN=C1NCc1cccnc1N1CCOCC1. The average Bonchev–Trinajstić information content (AvgIpc) is 2.92. The van der Waals surface area contributed by atoms with Crippen LogP contribution in [0.2, 0.25) is 0 Å². The Kier molecular flexibility index (Phi) is 4.01. The first kappa shape index (κ1) is 13.2. The third-order valence-electron chi connectivity index (χ3n) is 3.67. The number of morpholine rings is 1. The van der Waals surface area contributed by atoms with E-state index < -0.39 is 0 Å². The molecule has 1 aromatic rings. The Morgan fingerprint density at radius 2 is 2.15 bits per heavy atom. The largest absolute Gasteiger partial charge is 0.378 e. The van der Waals surface area contributed by atoms with Gasteiger partial charge in [-0.1, -0.05) is 6.07 Å². The normalized spacial score (nSPS) is 19.1. The average molecular weight is 275 g/mol. The van der Waals surface area contributed by atoms with Gasteiger partial charge in [0.2, 0.25) is 0 Å². The van der Waals surface area contributed by atoms with Gasteiger partial charge in [-0.25, -0.2) is 4.98 Å². The minimum absolute atomic E-state index is 0.754. The van der Waals surface area contributed by atoms with Gasteiger partial charge < -0.3 is 19.9 Å². The standard InChI is InChI=1S/C14H21N5O/c1-18-6-5-16-14(18)17-11-12-3-2-4-15-13(12)19-7-9-20-10-8-19/h2-4H,5-11H2,1H3,(H,16,17). The lowest BCUT2D eigenvalue weighted by atomic mass is 10.2. The van der Waals surface area contributed by atoms with Gasteiger partial charge in [0.1, 0.15) is 5.82 Å².